The summed E-state index contributed by atoms with van der Waals surface area (Å²) in [5, 5.41) is 0.787. The molecule has 0 saturated carbocycles. The van der Waals surface area contributed by atoms with E-state index >= 15 is 0 Å². The number of aromatic amines is 1. The molecule has 0 aliphatic carbocycles. The number of nitrogens with zero attached hydrogens (tertiary/aromatic N) is 4. The lowest BCUT2D eigenvalue weighted by atomic mass is 10.0. The number of rotatable bonds is 3. The van der Waals surface area contributed by atoms with Crippen LogP contribution >= 0.6 is 11.6 Å². The third kappa shape index (κ3) is 3.49. The molecule has 5 aromatic rings. The van der Waals surface area contributed by atoms with Crippen LogP contribution in [0.3, 0.4) is 0 Å². The fourth-order valence-corrected chi connectivity index (χ4v) is 3.78. The predicted molar refractivity (Wildman–Crippen MR) is 119 cm³/mol. The maximum absolute atomic E-state index is 13.3. The predicted octanol–water partition coefficient (Wildman–Crippen LogP) is 4.97. The minimum Gasteiger partial charge on any atom is -0.460 e. The molecule has 0 radical (unpaired) electrons. The summed E-state index contributed by atoms with van der Waals surface area (Å²) in [6.07, 6.45) is 6.26. The Morgan fingerprint density at radius 1 is 1.03 bits per heavy atom. The highest BCUT2D eigenvalue weighted by Crippen LogP contribution is 2.34. The van der Waals surface area contributed by atoms with Gasteiger partial charge in [-0.2, -0.15) is 0 Å². The Bertz CT molecular complexity index is 1470. The van der Waals surface area contributed by atoms with E-state index in [-0.39, 0.29) is 5.43 Å². The Labute approximate surface area is 181 Å². The summed E-state index contributed by atoms with van der Waals surface area (Å²) in [7, 11) is 0. The van der Waals surface area contributed by atoms with Gasteiger partial charge in [0.15, 0.2) is 11.2 Å². The molecule has 8 heteroatoms. The first kappa shape index (κ1) is 19.1. The number of fused-ring (bicyclic) bond motifs is 1. The number of aromatic nitrogens is 5. The van der Waals surface area contributed by atoms with Crippen LogP contribution in [0.25, 0.3) is 44.9 Å². The minimum absolute atomic E-state index is 0.193. The number of hydrogen-bond donors (Lipinski definition) is 1. The summed E-state index contributed by atoms with van der Waals surface area (Å²) in [5.41, 5.74) is 4.02. The molecule has 0 saturated heterocycles. The van der Waals surface area contributed by atoms with Crippen LogP contribution in [-0.4, -0.2) is 24.9 Å². The van der Waals surface area contributed by atoms with Crippen molar-refractivity contribution in [2.75, 3.05) is 0 Å². The van der Waals surface area contributed by atoms with E-state index in [1.165, 1.54) is 0 Å². The first-order valence-corrected chi connectivity index (χ1v) is 9.91. The van der Waals surface area contributed by atoms with Gasteiger partial charge in [0.25, 0.3) is 0 Å². The number of hydrogen-bond acceptors (Lipinski definition) is 6. The van der Waals surface area contributed by atoms with Gasteiger partial charge >= 0.3 is 0 Å². The van der Waals surface area contributed by atoms with Crippen molar-refractivity contribution in [2.45, 2.75) is 13.8 Å². The molecule has 7 nitrogen and oxygen atoms in total. The second-order valence-electron chi connectivity index (χ2n) is 7.13. The van der Waals surface area contributed by atoms with Gasteiger partial charge in [-0.05, 0) is 49.7 Å². The van der Waals surface area contributed by atoms with Gasteiger partial charge in [-0.1, -0.05) is 11.6 Å². The number of furan rings is 1. The van der Waals surface area contributed by atoms with Gasteiger partial charge in [0, 0.05) is 29.8 Å². The number of H-pyrrole nitrogens is 1. The molecular formula is C23H16ClN5O2. The molecule has 0 bridgehead atoms. The van der Waals surface area contributed by atoms with Crippen molar-refractivity contribution >= 4 is 22.6 Å². The van der Waals surface area contributed by atoms with Crippen molar-refractivity contribution in [3.8, 4) is 33.8 Å². The average Bonchev–Trinajstić information content (AvgIpc) is 3.19. The molecule has 152 valence electrons. The van der Waals surface area contributed by atoms with Crippen molar-refractivity contribution in [3.05, 3.63) is 81.9 Å². The summed E-state index contributed by atoms with van der Waals surface area (Å²) >= 11 is 6.22. The van der Waals surface area contributed by atoms with E-state index in [1.807, 2.05) is 32.0 Å². The van der Waals surface area contributed by atoms with Crippen molar-refractivity contribution in [1.29, 1.82) is 0 Å². The Balaban J connectivity index is 1.83. The van der Waals surface area contributed by atoms with Crippen molar-refractivity contribution in [3.63, 3.8) is 0 Å². The van der Waals surface area contributed by atoms with Crippen LogP contribution in [0.15, 0.2) is 64.3 Å². The van der Waals surface area contributed by atoms with Gasteiger partial charge in [-0.15, -0.1) is 0 Å². The first-order chi connectivity index (χ1) is 15.0. The average molecular weight is 430 g/mol. The lowest BCUT2D eigenvalue weighted by molar-refractivity contribution is 0.547. The second-order valence-corrected chi connectivity index (χ2v) is 7.52. The molecule has 0 amide bonds. The smallest absolute Gasteiger partial charge is 0.200 e. The van der Waals surface area contributed by atoms with Crippen LogP contribution in [0.5, 0.6) is 0 Å². The van der Waals surface area contributed by atoms with Gasteiger partial charge < -0.3 is 9.40 Å². The molecule has 0 aliphatic rings. The van der Waals surface area contributed by atoms with Crippen LogP contribution in [0.4, 0.5) is 0 Å². The van der Waals surface area contributed by atoms with Crippen LogP contribution in [0.1, 0.15) is 11.5 Å². The lowest BCUT2D eigenvalue weighted by Crippen LogP contribution is -2.09. The van der Waals surface area contributed by atoms with Gasteiger partial charge in [-0.25, -0.2) is 9.97 Å². The molecular weight excluding hydrogens is 414 g/mol. The molecule has 31 heavy (non-hydrogen) atoms. The molecule has 0 aromatic carbocycles. The second kappa shape index (κ2) is 7.45. The van der Waals surface area contributed by atoms with Crippen molar-refractivity contribution < 1.29 is 4.42 Å². The van der Waals surface area contributed by atoms with E-state index in [2.05, 4.69) is 19.9 Å². The SMILES string of the molecule is Cc1cc(-c2cc3c(=O)c(-c4cnccn4)c[nH]c3nc2-c2ccc(C)o2)cc(Cl)n1. The number of nitrogens with one attached hydrogen (secondary N) is 1. The monoisotopic (exact) mass is 429 g/mol. The van der Waals surface area contributed by atoms with Crippen molar-refractivity contribution in [2.24, 2.45) is 0 Å². The molecule has 1 N–H and O–H groups in total. The summed E-state index contributed by atoms with van der Waals surface area (Å²) < 4.78 is 5.84. The van der Waals surface area contributed by atoms with Crippen LogP contribution in [0.2, 0.25) is 5.15 Å². The van der Waals surface area contributed by atoms with Crippen molar-refractivity contribution in [1.82, 2.24) is 24.9 Å². The third-order valence-corrected chi connectivity index (χ3v) is 5.10. The molecule has 0 atom stereocenters. The highest BCUT2D eigenvalue weighted by Gasteiger charge is 2.18. The van der Waals surface area contributed by atoms with Gasteiger partial charge in [0.1, 0.15) is 22.3 Å². The van der Waals surface area contributed by atoms with Crippen LogP contribution in [0, 0.1) is 13.8 Å². The summed E-state index contributed by atoms with van der Waals surface area (Å²) in [4.78, 5) is 33.7. The molecule has 5 heterocycles. The van der Waals surface area contributed by atoms with E-state index in [9.17, 15) is 4.79 Å². The van der Waals surface area contributed by atoms with Gasteiger partial charge in [0.05, 0.1) is 22.8 Å². The van der Waals surface area contributed by atoms with E-state index in [4.69, 9.17) is 21.0 Å². The number of halogens is 1. The first-order valence-electron chi connectivity index (χ1n) is 9.54. The zero-order chi connectivity index (χ0) is 21.5. The largest absolute Gasteiger partial charge is 0.460 e. The quantitative estimate of drug-likeness (QED) is 0.406. The third-order valence-electron chi connectivity index (χ3n) is 4.91. The van der Waals surface area contributed by atoms with E-state index < -0.39 is 0 Å². The molecule has 5 rings (SSSR count). The minimum atomic E-state index is -0.193. The zero-order valence-corrected chi connectivity index (χ0v) is 17.4. The summed E-state index contributed by atoms with van der Waals surface area (Å²) in [6.45, 7) is 3.73. The Morgan fingerprint density at radius 3 is 2.61 bits per heavy atom. The van der Waals surface area contributed by atoms with Crippen LogP contribution in [-0.2, 0) is 0 Å². The molecule has 5 aromatic heterocycles. The number of aryl methyl sites for hydroxylation is 2. The Morgan fingerprint density at radius 2 is 1.90 bits per heavy atom. The summed E-state index contributed by atoms with van der Waals surface area (Å²) in [6, 6.07) is 9.18. The van der Waals surface area contributed by atoms with E-state index in [0.717, 1.165) is 22.6 Å². The Kier molecular flexibility index (Phi) is 4.60. The fraction of sp³-hybridized carbons (Fsp3) is 0.0870. The lowest BCUT2D eigenvalue weighted by Gasteiger charge is -2.11. The number of pyridine rings is 3. The van der Waals surface area contributed by atoms with Crippen LogP contribution < -0.4 is 5.43 Å². The molecule has 0 unspecified atom stereocenters. The maximum Gasteiger partial charge on any atom is 0.200 e. The summed E-state index contributed by atoms with van der Waals surface area (Å²) in [5.74, 6) is 1.36. The zero-order valence-electron chi connectivity index (χ0n) is 16.7. The highest BCUT2D eigenvalue weighted by atomic mass is 35.5. The van der Waals surface area contributed by atoms with E-state index in [0.29, 0.717) is 38.9 Å². The van der Waals surface area contributed by atoms with Gasteiger partial charge in [0.2, 0.25) is 0 Å². The maximum atomic E-state index is 13.3. The normalized spacial score (nSPS) is 11.2. The van der Waals surface area contributed by atoms with Gasteiger partial charge in [-0.3, -0.25) is 14.8 Å². The topological polar surface area (TPSA) is 97.6 Å². The molecule has 0 aliphatic heterocycles. The molecule has 0 fully saturated rings. The standard InChI is InChI=1S/C23H16ClN5O2/c1-12-7-14(8-20(24)28-12)15-9-16-22(30)17(18-11-25-5-6-26-18)10-27-23(16)29-21(15)19-4-3-13(2)31-19/h3-11H,1-2H3,(H,27,29,30). The molecule has 0 spiro atoms. The fourth-order valence-electron chi connectivity index (χ4n) is 3.53. The van der Waals surface area contributed by atoms with E-state index in [1.54, 1.807) is 36.9 Å². The highest BCUT2D eigenvalue weighted by molar-refractivity contribution is 6.29. The Hall–Kier alpha value is -3.84.